The Morgan fingerprint density at radius 3 is 2.62 bits per heavy atom. The molecule has 0 heterocycles. The number of hydrogen-bond acceptors (Lipinski definition) is 2. The molecule has 1 aliphatic rings. The largest absolute Gasteiger partial charge is 0.393 e. The van der Waals surface area contributed by atoms with E-state index in [0.29, 0.717) is 6.04 Å². The van der Waals surface area contributed by atoms with Gasteiger partial charge in [-0.3, -0.25) is 0 Å². The van der Waals surface area contributed by atoms with Crippen molar-refractivity contribution in [2.45, 2.75) is 44.8 Å². The van der Waals surface area contributed by atoms with Gasteiger partial charge < -0.3 is 10.4 Å². The first kappa shape index (κ1) is 11.9. The highest BCUT2D eigenvalue weighted by atomic mass is 79.9. The van der Waals surface area contributed by atoms with Gasteiger partial charge in [0.1, 0.15) is 0 Å². The lowest BCUT2D eigenvalue weighted by molar-refractivity contribution is 0.126. The van der Waals surface area contributed by atoms with Crippen molar-refractivity contribution in [3.63, 3.8) is 0 Å². The van der Waals surface area contributed by atoms with Crippen molar-refractivity contribution < 1.29 is 5.11 Å². The Kier molecular flexibility index (Phi) is 3.87. The zero-order chi connectivity index (χ0) is 11.5. The maximum Gasteiger partial charge on any atom is 0.0541 e. The predicted molar refractivity (Wildman–Crippen MR) is 70.8 cm³/mol. The van der Waals surface area contributed by atoms with E-state index in [0.717, 1.165) is 30.2 Å². The van der Waals surface area contributed by atoms with Crippen LogP contribution in [0.25, 0.3) is 0 Å². The molecule has 16 heavy (non-hydrogen) atoms. The fourth-order valence-electron chi connectivity index (χ4n) is 2.19. The number of hydrogen-bond donors (Lipinski definition) is 2. The van der Waals surface area contributed by atoms with E-state index in [-0.39, 0.29) is 6.10 Å². The summed E-state index contributed by atoms with van der Waals surface area (Å²) in [5.41, 5.74) is 2.48. The predicted octanol–water partition coefficient (Wildman–Crippen LogP) is 3.47. The lowest BCUT2D eigenvalue weighted by Crippen LogP contribution is -2.28. The third kappa shape index (κ3) is 2.98. The summed E-state index contributed by atoms with van der Waals surface area (Å²) in [6.45, 7) is 2.12. The van der Waals surface area contributed by atoms with Gasteiger partial charge in [-0.05, 0) is 50.3 Å². The molecule has 88 valence electrons. The molecule has 2 nitrogen and oxygen atoms in total. The number of benzene rings is 1. The average Bonchev–Trinajstić information content (AvgIpc) is 2.27. The van der Waals surface area contributed by atoms with Crippen LogP contribution in [0.2, 0.25) is 0 Å². The molecule has 1 saturated carbocycles. The molecule has 1 aliphatic carbocycles. The van der Waals surface area contributed by atoms with Crippen molar-refractivity contribution in [3.8, 4) is 0 Å². The normalized spacial score (nSPS) is 25.4. The lowest BCUT2D eigenvalue weighted by atomic mass is 9.93. The van der Waals surface area contributed by atoms with Gasteiger partial charge in [0.05, 0.1) is 6.10 Å². The van der Waals surface area contributed by atoms with Gasteiger partial charge >= 0.3 is 0 Å². The Morgan fingerprint density at radius 2 is 1.94 bits per heavy atom. The Hall–Kier alpha value is -0.540. The number of anilines is 1. The highest BCUT2D eigenvalue weighted by Crippen LogP contribution is 2.26. The summed E-state index contributed by atoms with van der Waals surface area (Å²) < 4.78 is 1.11. The van der Waals surface area contributed by atoms with E-state index in [1.807, 2.05) is 0 Å². The van der Waals surface area contributed by atoms with Crippen LogP contribution in [0.15, 0.2) is 22.7 Å². The number of aliphatic hydroxyl groups is 1. The number of nitrogens with one attached hydrogen (secondary N) is 1. The second-order valence-corrected chi connectivity index (χ2v) is 5.52. The van der Waals surface area contributed by atoms with Gasteiger partial charge in [0.15, 0.2) is 0 Å². The second-order valence-electron chi connectivity index (χ2n) is 4.61. The van der Waals surface area contributed by atoms with Gasteiger partial charge in [0.2, 0.25) is 0 Å². The first-order valence-corrected chi connectivity index (χ1v) is 6.65. The molecule has 0 unspecified atom stereocenters. The molecule has 3 heteroatoms. The zero-order valence-corrected chi connectivity index (χ0v) is 11.1. The molecule has 2 rings (SSSR count). The maximum atomic E-state index is 9.46. The Labute approximate surface area is 105 Å². The van der Waals surface area contributed by atoms with Crippen molar-refractivity contribution >= 4 is 21.6 Å². The number of halogens is 1. The smallest absolute Gasteiger partial charge is 0.0541 e. The van der Waals surface area contributed by atoms with Gasteiger partial charge in [-0.1, -0.05) is 22.0 Å². The van der Waals surface area contributed by atoms with E-state index in [2.05, 4.69) is 46.4 Å². The van der Waals surface area contributed by atoms with E-state index in [9.17, 15) is 5.11 Å². The van der Waals surface area contributed by atoms with Crippen molar-refractivity contribution in [1.82, 2.24) is 0 Å². The van der Waals surface area contributed by atoms with E-state index in [1.165, 1.54) is 11.3 Å². The first-order valence-electron chi connectivity index (χ1n) is 5.86. The van der Waals surface area contributed by atoms with Crippen molar-refractivity contribution in [2.75, 3.05) is 5.32 Å². The van der Waals surface area contributed by atoms with Crippen LogP contribution in [-0.2, 0) is 0 Å². The van der Waals surface area contributed by atoms with Crippen molar-refractivity contribution in [3.05, 3.63) is 28.2 Å². The Balaban J connectivity index is 2.00. The monoisotopic (exact) mass is 283 g/mol. The summed E-state index contributed by atoms with van der Waals surface area (Å²) in [6.07, 6.45) is 3.89. The van der Waals surface area contributed by atoms with Crippen LogP contribution >= 0.6 is 15.9 Å². The third-order valence-corrected chi connectivity index (χ3v) is 3.75. The Bertz CT molecular complexity index is 359. The number of aryl methyl sites for hydroxylation is 1. The number of aliphatic hydroxyl groups excluding tert-OH is 1. The molecule has 0 radical (unpaired) electrons. The zero-order valence-electron chi connectivity index (χ0n) is 9.54. The lowest BCUT2D eigenvalue weighted by Gasteiger charge is -2.27. The molecular weight excluding hydrogens is 266 g/mol. The Morgan fingerprint density at radius 1 is 1.25 bits per heavy atom. The van der Waals surface area contributed by atoms with Gasteiger partial charge in [0.25, 0.3) is 0 Å². The van der Waals surface area contributed by atoms with E-state index in [4.69, 9.17) is 0 Å². The minimum Gasteiger partial charge on any atom is -0.393 e. The highest BCUT2D eigenvalue weighted by molar-refractivity contribution is 9.10. The van der Waals surface area contributed by atoms with Gasteiger partial charge in [-0.2, -0.15) is 0 Å². The SMILES string of the molecule is Cc1ccc(Br)cc1NC1CCC(O)CC1. The van der Waals surface area contributed by atoms with Gasteiger partial charge in [0, 0.05) is 16.2 Å². The maximum absolute atomic E-state index is 9.46. The summed E-state index contributed by atoms with van der Waals surface area (Å²) in [5, 5.41) is 13.0. The fraction of sp³-hybridized carbons (Fsp3) is 0.538. The third-order valence-electron chi connectivity index (χ3n) is 3.26. The molecule has 1 fully saturated rings. The average molecular weight is 284 g/mol. The van der Waals surface area contributed by atoms with Crippen LogP contribution in [-0.4, -0.2) is 17.3 Å². The number of rotatable bonds is 2. The molecule has 0 aliphatic heterocycles. The van der Waals surface area contributed by atoms with Gasteiger partial charge in [-0.25, -0.2) is 0 Å². The van der Waals surface area contributed by atoms with Crippen LogP contribution in [0.3, 0.4) is 0 Å². The van der Waals surface area contributed by atoms with Crippen LogP contribution in [0.1, 0.15) is 31.2 Å². The second kappa shape index (κ2) is 5.19. The van der Waals surface area contributed by atoms with Crippen molar-refractivity contribution in [2.24, 2.45) is 0 Å². The summed E-state index contributed by atoms with van der Waals surface area (Å²) in [7, 11) is 0. The summed E-state index contributed by atoms with van der Waals surface area (Å²) >= 11 is 3.49. The van der Waals surface area contributed by atoms with Crippen LogP contribution in [0, 0.1) is 6.92 Å². The molecule has 0 atom stereocenters. The molecule has 0 amide bonds. The standard InChI is InChI=1S/C13H18BrNO/c1-9-2-3-10(14)8-13(9)15-11-4-6-12(16)7-5-11/h2-3,8,11-12,15-16H,4-7H2,1H3. The summed E-state index contributed by atoms with van der Waals surface area (Å²) in [6, 6.07) is 6.81. The molecular formula is C13H18BrNO. The van der Waals surface area contributed by atoms with E-state index < -0.39 is 0 Å². The van der Waals surface area contributed by atoms with Crippen molar-refractivity contribution in [1.29, 1.82) is 0 Å². The summed E-state index contributed by atoms with van der Waals surface area (Å²) in [4.78, 5) is 0. The van der Waals surface area contributed by atoms with Gasteiger partial charge in [-0.15, -0.1) is 0 Å². The molecule has 0 spiro atoms. The molecule has 2 N–H and O–H groups in total. The van der Waals surface area contributed by atoms with E-state index >= 15 is 0 Å². The fourth-order valence-corrected chi connectivity index (χ4v) is 2.55. The van der Waals surface area contributed by atoms with Crippen LogP contribution in [0.5, 0.6) is 0 Å². The van der Waals surface area contributed by atoms with Crippen LogP contribution < -0.4 is 5.32 Å². The quantitative estimate of drug-likeness (QED) is 0.871. The minimum atomic E-state index is -0.0818. The minimum absolute atomic E-state index is 0.0818. The summed E-state index contributed by atoms with van der Waals surface area (Å²) in [5.74, 6) is 0. The highest BCUT2D eigenvalue weighted by Gasteiger charge is 2.19. The van der Waals surface area contributed by atoms with E-state index in [1.54, 1.807) is 0 Å². The van der Waals surface area contributed by atoms with Crippen LogP contribution in [0.4, 0.5) is 5.69 Å². The molecule has 1 aromatic carbocycles. The molecule has 1 aromatic rings. The molecule has 0 aromatic heterocycles. The molecule has 0 bridgehead atoms. The first-order chi connectivity index (χ1) is 7.65. The molecule has 0 saturated heterocycles. The topological polar surface area (TPSA) is 32.3 Å².